The molecule has 0 radical (unpaired) electrons. The summed E-state index contributed by atoms with van der Waals surface area (Å²) in [6.07, 6.45) is 2.40. The fraction of sp³-hybridized carbons (Fsp3) is 0.438. The van der Waals surface area contributed by atoms with Gasteiger partial charge in [-0.1, -0.05) is 16.7 Å². The van der Waals surface area contributed by atoms with E-state index in [-0.39, 0.29) is 30.9 Å². The van der Waals surface area contributed by atoms with Crippen molar-refractivity contribution in [1.82, 2.24) is 4.57 Å². The molecule has 0 spiro atoms. The monoisotopic (exact) mass is 348 g/mol. The van der Waals surface area contributed by atoms with Gasteiger partial charge in [0.25, 0.3) is 0 Å². The Morgan fingerprint density at radius 1 is 1.50 bits per heavy atom. The van der Waals surface area contributed by atoms with Crippen molar-refractivity contribution in [3.63, 3.8) is 0 Å². The minimum Gasteiger partial charge on any atom is -0.463 e. The molecule has 1 saturated heterocycles. The van der Waals surface area contributed by atoms with Gasteiger partial charge in [-0.25, -0.2) is 0 Å². The van der Waals surface area contributed by atoms with Crippen LogP contribution in [0.5, 0.6) is 0 Å². The maximum absolute atomic E-state index is 11.0. The molecule has 0 aliphatic carbocycles. The van der Waals surface area contributed by atoms with Crippen molar-refractivity contribution in [1.29, 1.82) is 0 Å². The lowest BCUT2D eigenvalue weighted by atomic mass is 10.0. The zero-order chi connectivity index (χ0) is 17.1. The second-order valence-electron chi connectivity index (χ2n) is 5.77. The molecule has 2 aromatic rings. The molecule has 8 heteroatoms. The van der Waals surface area contributed by atoms with E-state index in [4.69, 9.17) is 26.6 Å². The van der Waals surface area contributed by atoms with Gasteiger partial charge in [-0.3, -0.25) is 4.79 Å². The minimum atomic E-state index is -0.359. The molecule has 7 nitrogen and oxygen atoms in total. The van der Waals surface area contributed by atoms with Gasteiger partial charge in [0.1, 0.15) is 12.8 Å². The maximum atomic E-state index is 11.0. The van der Waals surface area contributed by atoms with Crippen LogP contribution in [0.2, 0.25) is 5.02 Å². The number of rotatable bonds is 4. The van der Waals surface area contributed by atoms with E-state index in [0.29, 0.717) is 17.9 Å². The van der Waals surface area contributed by atoms with Gasteiger partial charge >= 0.3 is 5.97 Å². The Morgan fingerprint density at radius 3 is 3.08 bits per heavy atom. The van der Waals surface area contributed by atoms with Crippen LogP contribution in [0.15, 0.2) is 35.6 Å². The third-order valence-corrected chi connectivity index (χ3v) is 4.27. The number of hydrogen-bond donors (Lipinski definition) is 0. The van der Waals surface area contributed by atoms with Gasteiger partial charge in [0.05, 0.1) is 11.6 Å². The number of fused-ring (bicyclic) bond motifs is 1. The zero-order valence-electron chi connectivity index (χ0n) is 13.1. The first-order valence-electron chi connectivity index (χ1n) is 7.66. The number of benzene rings is 1. The molecule has 1 fully saturated rings. The van der Waals surface area contributed by atoms with Crippen molar-refractivity contribution >= 4 is 28.5 Å². The summed E-state index contributed by atoms with van der Waals surface area (Å²) in [4.78, 5) is 13.9. The highest BCUT2D eigenvalue weighted by atomic mass is 35.5. The van der Waals surface area contributed by atoms with Crippen molar-refractivity contribution in [3.05, 3.63) is 45.9 Å². The number of azide groups is 1. The Hall–Kier alpha value is -2.21. The van der Waals surface area contributed by atoms with Crippen molar-refractivity contribution in [3.8, 4) is 0 Å². The fourth-order valence-corrected chi connectivity index (χ4v) is 3.20. The van der Waals surface area contributed by atoms with Crippen LogP contribution in [-0.2, 0) is 14.3 Å². The average Bonchev–Trinajstić information content (AvgIpc) is 2.96. The molecule has 1 aliphatic rings. The Balaban J connectivity index is 1.86. The van der Waals surface area contributed by atoms with Crippen LogP contribution < -0.4 is 0 Å². The molecule has 1 aromatic heterocycles. The van der Waals surface area contributed by atoms with Crippen LogP contribution in [0.3, 0.4) is 0 Å². The quantitative estimate of drug-likeness (QED) is 0.358. The molecule has 3 rings (SSSR count). The van der Waals surface area contributed by atoms with Gasteiger partial charge in [-0.05, 0) is 36.2 Å². The summed E-state index contributed by atoms with van der Waals surface area (Å²) in [5.41, 5.74) is 9.74. The molecule has 24 heavy (non-hydrogen) atoms. The van der Waals surface area contributed by atoms with E-state index in [2.05, 4.69) is 10.0 Å². The molecule has 0 bridgehead atoms. The lowest BCUT2D eigenvalue weighted by molar-refractivity contribution is -0.155. The second kappa shape index (κ2) is 7.13. The first-order chi connectivity index (χ1) is 11.6. The topological polar surface area (TPSA) is 89.2 Å². The molecule has 0 amide bonds. The SMILES string of the molecule is CC(=O)OCC1CC(N=[N+]=[N-])CC(n2ccc3cc(Cl)ccc32)O1. The summed E-state index contributed by atoms with van der Waals surface area (Å²) < 4.78 is 13.1. The van der Waals surface area contributed by atoms with Gasteiger partial charge in [-0.15, -0.1) is 0 Å². The van der Waals surface area contributed by atoms with E-state index in [1.807, 2.05) is 35.0 Å². The standard InChI is InChI=1S/C16H17ClN4O3/c1-10(22)23-9-14-7-13(19-20-18)8-16(24-14)21-5-4-11-6-12(17)2-3-15(11)21/h2-6,13-14,16H,7-9H2,1H3. The number of carbonyl (C=O) groups excluding carboxylic acids is 1. The van der Waals surface area contributed by atoms with Gasteiger partial charge < -0.3 is 14.0 Å². The summed E-state index contributed by atoms with van der Waals surface area (Å²) in [7, 11) is 0. The lowest BCUT2D eigenvalue weighted by Gasteiger charge is -2.34. The molecule has 2 heterocycles. The highest BCUT2D eigenvalue weighted by Gasteiger charge is 2.31. The van der Waals surface area contributed by atoms with Crippen molar-refractivity contribution in [2.75, 3.05) is 6.61 Å². The fourth-order valence-electron chi connectivity index (χ4n) is 3.02. The number of hydrogen-bond acceptors (Lipinski definition) is 4. The largest absolute Gasteiger partial charge is 0.463 e. The summed E-state index contributed by atoms with van der Waals surface area (Å²) in [6, 6.07) is 7.39. The Kier molecular flexibility index (Phi) is 4.94. The minimum absolute atomic E-state index is 0.147. The average molecular weight is 349 g/mol. The molecule has 3 atom stereocenters. The number of carbonyl (C=O) groups is 1. The number of aromatic nitrogens is 1. The van der Waals surface area contributed by atoms with Crippen LogP contribution >= 0.6 is 11.6 Å². The molecule has 1 aliphatic heterocycles. The molecule has 126 valence electrons. The Bertz CT molecular complexity index is 800. The third-order valence-electron chi connectivity index (χ3n) is 4.04. The van der Waals surface area contributed by atoms with Crippen LogP contribution in [-0.4, -0.2) is 29.3 Å². The van der Waals surface area contributed by atoms with Crippen molar-refractivity contribution in [2.45, 2.75) is 38.1 Å². The number of halogens is 1. The Morgan fingerprint density at radius 2 is 2.33 bits per heavy atom. The van der Waals surface area contributed by atoms with Crippen molar-refractivity contribution in [2.24, 2.45) is 5.11 Å². The van der Waals surface area contributed by atoms with E-state index < -0.39 is 0 Å². The van der Waals surface area contributed by atoms with E-state index in [1.165, 1.54) is 6.92 Å². The molecule has 3 unspecified atom stereocenters. The van der Waals surface area contributed by atoms with E-state index in [1.54, 1.807) is 0 Å². The highest BCUT2D eigenvalue weighted by Crippen LogP contribution is 2.33. The molecule has 1 aromatic carbocycles. The third kappa shape index (κ3) is 3.64. The summed E-state index contributed by atoms with van der Waals surface area (Å²) in [5.74, 6) is -0.359. The first-order valence-corrected chi connectivity index (χ1v) is 8.03. The number of esters is 1. The van der Waals surface area contributed by atoms with E-state index in [0.717, 1.165) is 10.9 Å². The van der Waals surface area contributed by atoms with Gasteiger partial charge in [0.2, 0.25) is 0 Å². The van der Waals surface area contributed by atoms with Crippen LogP contribution in [0.4, 0.5) is 0 Å². The van der Waals surface area contributed by atoms with E-state index in [9.17, 15) is 4.79 Å². The first kappa shape index (κ1) is 16.6. The van der Waals surface area contributed by atoms with Crippen LogP contribution in [0.1, 0.15) is 26.0 Å². The highest BCUT2D eigenvalue weighted by molar-refractivity contribution is 6.31. The summed E-state index contributed by atoms with van der Waals surface area (Å²) >= 11 is 6.03. The molecule has 0 N–H and O–H groups in total. The van der Waals surface area contributed by atoms with Crippen LogP contribution in [0.25, 0.3) is 21.3 Å². The molecular formula is C16H17ClN4O3. The number of ether oxygens (including phenoxy) is 2. The summed E-state index contributed by atoms with van der Waals surface area (Å²) in [6.45, 7) is 1.50. The zero-order valence-corrected chi connectivity index (χ0v) is 13.9. The van der Waals surface area contributed by atoms with E-state index >= 15 is 0 Å². The Labute approximate surface area is 143 Å². The lowest BCUT2D eigenvalue weighted by Crippen LogP contribution is -2.35. The van der Waals surface area contributed by atoms with Gasteiger partial charge in [0.15, 0.2) is 0 Å². The van der Waals surface area contributed by atoms with Crippen molar-refractivity contribution < 1.29 is 14.3 Å². The van der Waals surface area contributed by atoms with Gasteiger partial charge in [0, 0.05) is 40.9 Å². The normalized spacial score (nSPS) is 23.7. The smallest absolute Gasteiger partial charge is 0.302 e. The predicted molar refractivity (Wildman–Crippen MR) is 89.7 cm³/mol. The van der Waals surface area contributed by atoms with Gasteiger partial charge in [-0.2, -0.15) is 0 Å². The molecule has 0 saturated carbocycles. The molecular weight excluding hydrogens is 332 g/mol. The number of nitrogens with zero attached hydrogens (tertiary/aromatic N) is 4. The predicted octanol–water partition coefficient (Wildman–Crippen LogP) is 4.21. The van der Waals surface area contributed by atoms with Crippen LogP contribution in [0, 0.1) is 0 Å². The second-order valence-corrected chi connectivity index (χ2v) is 6.21. The summed E-state index contributed by atoms with van der Waals surface area (Å²) in [5, 5.41) is 5.52. The maximum Gasteiger partial charge on any atom is 0.302 e.